The fourth-order valence-electron chi connectivity index (χ4n) is 3.60. The second-order valence-corrected chi connectivity index (χ2v) is 7.58. The van der Waals surface area contributed by atoms with Crippen LogP contribution >= 0.6 is 0 Å². The number of rotatable bonds is 5. The number of likely N-dealkylation sites (tertiary alicyclic amines) is 1. The molecule has 1 aliphatic rings. The highest BCUT2D eigenvalue weighted by Crippen LogP contribution is 2.24. The zero-order chi connectivity index (χ0) is 22.4. The number of carbonyl (C=O) groups is 4. The summed E-state index contributed by atoms with van der Waals surface area (Å²) in [7, 11) is 0. The quantitative estimate of drug-likeness (QED) is 0.688. The molecule has 2 aromatic carbocycles. The molecule has 4 amide bonds. The summed E-state index contributed by atoms with van der Waals surface area (Å²) in [5.74, 6) is -0.961. The Morgan fingerprint density at radius 3 is 1.84 bits per heavy atom. The highest BCUT2D eigenvalue weighted by molar-refractivity contribution is 6.00. The lowest BCUT2D eigenvalue weighted by Crippen LogP contribution is -2.41. The van der Waals surface area contributed by atoms with Gasteiger partial charge < -0.3 is 20.9 Å². The predicted octanol–water partition coefficient (Wildman–Crippen LogP) is 3.09. The Kier molecular flexibility index (Phi) is 7.02. The first-order chi connectivity index (χ1) is 14.8. The van der Waals surface area contributed by atoms with E-state index in [1.54, 1.807) is 23.1 Å². The molecule has 0 spiro atoms. The van der Waals surface area contributed by atoms with Crippen molar-refractivity contribution < 1.29 is 19.2 Å². The number of nitrogens with one attached hydrogen (secondary N) is 3. The Morgan fingerprint density at radius 2 is 1.32 bits per heavy atom. The standard InChI is InChI=1S/C23H26N4O4/c1-15(28)24-20-12-18(13-21(14-20)25-16(2)29)23(31)27-10-8-17(9-11-27)22(30)26-19-6-4-3-5-7-19/h3-7,12-14,17H,8-11H2,1-2H3,(H,24,28)(H,25,29)(H,26,30). The van der Waals surface area contributed by atoms with Gasteiger partial charge in [0.2, 0.25) is 17.7 Å². The van der Waals surface area contributed by atoms with Gasteiger partial charge in [-0.15, -0.1) is 0 Å². The highest BCUT2D eigenvalue weighted by Gasteiger charge is 2.28. The molecule has 3 N–H and O–H groups in total. The number of para-hydroxylation sites is 1. The number of amides is 4. The number of hydrogen-bond acceptors (Lipinski definition) is 4. The largest absolute Gasteiger partial charge is 0.339 e. The molecule has 1 fully saturated rings. The van der Waals surface area contributed by atoms with E-state index in [-0.39, 0.29) is 29.5 Å². The molecule has 0 unspecified atom stereocenters. The maximum absolute atomic E-state index is 13.0. The van der Waals surface area contributed by atoms with Crippen LogP contribution < -0.4 is 16.0 Å². The molecular formula is C23H26N4O4. The van der Waals surface area contributed by atoms with Gasteiger partial charge in [0.05, 0.1) is 0 Å². The molecule has 1 heterocycles. The van der Waals surface area contributed by atoms with Crippen molar-refractivity contribution in [3.05, 3.63) is 54.1 Å². The molecule has 0 aliphatic carbocycles. The van der Waals surface area contributed by atoms with Crippen LogP contribution in [0.4, 0.5) is 17.1 Å². The van der Waals surface area contributed by atoms with E-state index in [1.165, 1.54) is 13.8 Å². The monoisotopic (exact) mass is 422 g/mol. The summed E-state index contributed by atoms with van der Waals surface area (Å²) in [6.07, 6.45) is 1.13. The molecule has 0 radical (unpaired) electrons. The molecule has 162 valence electrons. The summed E-state index contributed by atoms with van der Waals surface area (Å²) in [6, 6.07) is 14.1. The second-order valence-electron chi connectivity index (χ2n) is 7.58. The molecule has 8 heteroatoms. The smallest absolute Gasteiger partial charge is 0.254 e. The Labute approximate surface area is 181 Å². The van der Waals surface area contributed by atoms with Crippen LogP contribution in [0.15, 0.2) is 48.5 Å². The number of nitrogens with zero attached hydrogens (tertiary/aromatic N) is 1. The maximum Gasteiger partial charge on any atom is 0.254 e. The zero-order valence-electron chi connectivity index (χ0n) is 17.6. The average Bonchev–Trinajstić information content (AvgIpc) is 2.73. The third-order valence-electron chi connectivity index (χ3n) is 5.01. The lowest BCUT2D eigenvalue weighted by molar-refractivity contribution is -0.121. The molecule has 8 nitrogen and oxygen atoms in total. The van der Waals surface area contributed by atoms with E-state index in [4.69, 9.17) is 0 Å². The van der Waals surface area contributed by atoms with Gasteiger partial charge in [0.1, 0.15) is 0 Å². The van der Waals surface area contributed by atoms with Crippen molar-refractivity contribution >= 4 is 40.7 Å². The van der Waals surface area contributed by atoms with E-state index in [1.807, 2.05) is 30.3 Å². The van der Waals surface area contributed by atoms with Crippen molar-refractivity contribution in [3.8, 4) is 0 Å². The third kappa shape index (κ3) is 6.15. The van der Waals surface area contributed by atoms with E-state index < -0.39 is 0 Å². The van der Waals surface area contributed by atoms with Crippen LogP contribution in [0, 0.1) is 5.92 Å². The number of piperidine rings is 1. The van der Waals surface area contributed by atoms with E-state index in [0.29, 0.717) is 42.9 Å². The minimum atomic E-state index is -0.274. The minimum absolute atomic E-state index is 0.0427. The number of carbonyl (C=O) groups excluding carboxylic acids is 4. The Balaban J connectivity index is 1.66. The second kappa shape index (κ2) is 9.88. The van der Waals surface area contributed by atoms with E-state index in [9.17, 15) is 19.2 Å². The van der Waals surface area contributed by atoms with Crippen molar-refractivity contribution in [1.29, 1.82) is 0 Å². The van der Waals surface area contributed by atoms with Crippen LogP contribution in [0.1, 0.15) is 37.0 Å². The summed E-state index contributed by atoms with van der Waals surface area (Å²) in [5, 5.41) is 8.21. The number of benzene rings is 2. The lowest BCUT2D eigenvalue weighted by Gasteiger charge is -2.31. The van der Waals surface area contributed by atoms with Gasteiger partial charge in [0, 0.05) is 55.5 Å². The minimum Gasteiger partial charge on any atom is -0.339 e. The van der Waals surface area contributed by atoms with Gasteiger partial charge in [-0.1, -0.05) is 18.2 Å². The first-order valence-electron chi connectivity index (χ1n) is 10.2. The van der Waals surface area contributed by atoms with Gasteiger partial charge in [-0.3, -0.25) is 19.2 Å². The van der Waals surface area contributed by atoms with E-state index in [0.717, 1.165) is 5.69 Å². The van der Waals surface area contributed by atoms with Gasteiger partial charge in [0.25, 0.3) is 5.91 Å². The summed E-state index contributed by atoms with van der Waals surface area (Å²) in [4.78, 5) is 50.1. The van der Waals surface area contributed by atoms with Crippen LogP contribution in [-0.4, -0.2) is 41.6 Å². The van der Waals surface area contributed by atoms with E-state index >= 15 is 0 Å². The normalized spacial score (nSPS) is 13.9. The zero-order valence-corrected chi connectivity index (χ0v) is 17.6. The topological polar surface area (TPSA) is 108 Å². The van der Waals surface area contributed by atoms with Crippen LogP contribution in [0.25, 0.3) is 0 Å². The summed E-state index contributed by atoms with van der Waals surface area (Å²) in [5.41, 5.74) is 1.98. The molecule has 0 saturated carbocycles. The van der Waals surface area contributed by atoms with Crippen molar-refractivity contribution in [3.63, 3.8) is 0 Å². The predicted molar refractivity (Wildman–Crippen MR) is 119 cm³/mol. The molecular weight excluding hydrogens is 396 g/mol. The molecule has 0 aromatic heterocycles. The molecule has 1 saturated heterocycles. The van der Waals surface area contributed by atoms with Crippen molar-refractivity contribution in [1.82, 2.24) is 4.90 Å². The Bertz CT molecular complexity index is 948. The third-order valence-corrected chi connectivity index (χ3v) is 5.01. The molecule has 3 rings (SSSR count). The van der Waals surface area contributed by atoms with Crippen molar-refractivity contribution in [2.24, 2.45) is 5.92 Å². The maximum atomic E-state index is 13.0. The molecule has 2 aromatic rings. The molecule has 1 aliphatic heterocycles. The van der Waals surface area contributed by atoms with Crippen LogP contribution in [-0.2, 0) is 14.4 Å². The Morgan fingerprint density at radius 1 is 0.774 bits per heavy atom. The first-order valence-corrected chi connectivity index (χ1v) is 10.2. The lowest BCUT2D eigenvalue weighted by atomic mass is 9.95. The molecule has 0 atom stereocenters. The fourth-order valence-corrected chi connectivity index (χ4v) is 3.60. The van der Waals surface area contributed by atoms with Crippen molar-refractivity contribution in [2.45, 2.75) is 26.7 Å². The summed E-state index contributed by atoms with van der Waals surface area (Å²) >= 11 is 0. The summed E-state index contributed by atoms with van der Waals surface area (Å²) < 4.78 is 0. The van der Waals surface area contributed by atoms with Gasteiger partial charge in [-0.05, 0) is 43.2 Å². The number of anilines is 3. The molecule has 0 bridgehead atoms. The SMILES string of the molecule is CC(=O)Nc1cc(NC(C)=O)cc(C(=O)N2CCC(C(=O)Nc3ccccc3)CC2)c1. The van der Waals surface area contributed by atoms with Crippen LogP contribution in [0.5, 0.6) is 0 Å². The first kappa shape index (κ1) is 22.0. The Hall–Kier alpha value is -3.68. The average molecular weight is 422 g/mol. The molecule has 31 heavy (non-hydrogen) atoms. The van der Waals surface area contributed by atoms with Gasteiger partial charge in [0.15, 0.2) is 0 Å². The fraction of sp³-hybridized carbons (Fsp3) is 0.304. The van der Waals surface area contributed by atoms with Gasteiger partial charge in [-0.25, -0.2) is 0 Å². The number of hydrogen-bond donors (Lipinski definition) is 3. The van der Waals surface area contributed by atoms with Gasteiger partial charge >= 0.3 is 0 Å². The summed E-state index contributed by atoms with van der Waals surface area (Å²) in [6.45, 7) is 3.65. The van der Waals surface area contributed by atoms with Crippen LogP contribution in [0.3, 0.4) is 0 Å². The van der Waals surface area contributed by atoms with Gasteiger partial charge in [-0.2, -0.15) is 0 Å². The highest BCUT2D eigenvalue weighted by atomic mass is 16.2. The van der Waals surface area contributed by atoms with Crippen LogP contribution in [0.2, 0.25) is 0 Å². The van der Waals surface area contributed by atoms with E-state index in [2.05, 4.69) is 16.0 Å². The van der Waals surface area contributed by atoms with Crippen molar-refractivity contribution in [2.75, 3.05) is 29.0 Å².